The summed E-state index contributed by atoms with van der Waals surface area (Å²) in [5.41, 5.74) is 0.350. The fraction of sp³-hybridized carbons (Fsp3) is 0.611. The quantitative estimate of drug-likeness (QED) is 0.280. The second-order valence-corrected chi connectivity index (χ2v) is 5.78. The summed E-state index contributed by atoms with van der Waals surface area (Å²) in [6, 6.07) is 4.22. The predicted octanol–water partition coefficient (Wildman–Crippen LogP) is 3.48. The Morgan fingerprint density at radius 3 is 2.60 bits per heavy atom. The van der Waals surface area contributed by atoms with Crippen molar-refractivity contribution in [3.8, 4) is 0 Å². The van der Waals surface area contributed by atoms with E-state index in [0.29, 0.717) is 37.0 Å². The molecule has 1 rings (SSSR count). The molecule has 3 N–H and O–H groups in total. The number of hydrogen-bond acceptors (Lipinski definition) is 2. The number of aliphatic hydroxyl groups excluding tert-OH is 1. The summed E-state index contributed by atoms with van der Waals surface area (Å²) in [6.45, 7) is 6.08. The molecule has 0 aliphatic rings. The largest absolute Gasteiger partial charge is 0.396 e. The first-order valence-electron chi connectivity index (χ1n) is 8.68. The zero-order valence-corrected chi connectivity index (χ0v) is 17.4. The molecule has 4 nitrogen and oxygen atoms in total. The molecule has 144 valence electrons. The highest BCUT2D eigenvalue weighted by atomic mass is 127. The van der Waals surface area contributed by atoms with E-state index in [1.165, 1.54) is 6.07 Å². The lowest BCUT2D eigenvalue weighted by atomic mass is 10.0. The molecule has 7 heteroatoms. The molecule has 0 aliphatic heterocycles. The van der Waals surface area contributed by atoms with Gasteiger partial charge in [0.2, 0.25) is 0 Å². The number of nitrogens with one attached hydrogen (secondary N) is 2. The lowest BCUT2D eigenvalue weighted by molar-refractivity contribution is 0.253. The molecule has 0 fully saturated rings. The van der Waals surface area contributed by atoms with Gasteiger partial charge in [-0.25, -0.2) is 8.78 Å². The third-order valence-electron chi connectivity index (χ3n) is 3.80. The van der Waals surface area contributed by atoms with Crippen LogP contribution in [0.4, 0.5) is 8.78 Å². The maximum Gasteiger partial charge on any atom is 0.191 e. The van der Waals surface area contributed by atoms with E-state index in [1.807, 2.05) is 6.92 Å². The molecular weight excluding hydrogens is 439 g/mol. The molecule has 0 heterocycles. The van der Waals surface area contributed by atoms with Crippen LogP contribution < -0.4 is 10.6 Å². The van der Waals surface area contributed by atoms with Gasteiger partial charge in [0.1, 0.15) is 0 Å². The van der Waals surface area contributed by atoms with E-state index in [-0.39, 0.29) is 30.6 Å². The van der Waals surface area contributed by atoms with Crippen LogP contribution in [0.3, 0.4) is 0 Å². The molecule has 0 aromatic heterocycles. The first kappa shape index (κ1) is 24.0. The van der Waals surface area contributed by atoms with Crippen molar-refractivity contribution in [1.29, 1.82) is 0 Å². The predicted molar refractivity (Wildman–Crippen MR) is 110 cm³/mol. The molecule has 0 aliphatic carbocycles. The van der Waals surface area contributed by atoms with Gasteiger partial charge < -0.3 is 15.7 Å². The minimum absolute atomic E-state index is 0. The van der Waals surface area contributed by atoms with Gasteiger partial charge in [-0.1, -0.05) is 25.5 Å². The van der Waals surface area contributed by atoms with Crippen molar-refractivity contribution < 1.29 is 13.9 Å². The van der Waals surface area contributed by atoms with Gasteiger partial charge in [0.25, 0.3) is 0 Å². The Morgan fingerprint density at radius 1 is 1.20 bits per heavy atom. The van der Waals surface area contributed by atoms with Gasteiger partial charge in [0, 0.05) is 26.2 Å². The van der Waals surface area contributed by atoms with Crippen molar-refractivity contribution in [3.63, 3.8) is 0 Å². The molecule has 0 saturated carbocycles. The summed E-state index contributed by atoms with van der Waals surface area (Å²) in [6.07, 6.45) is 3.20. The molecule has 0 amide bonds. The summed E-state index contributed by atoms with van der Waals surface area (Å²) in [7, 11) is 0. The van der Waals surface area contributed by atoms with E-state index in [2.05, 4.69) is 22.5 Å². The number of guanidine groups is 1. The van der Waals surface area contributed by atoms with Gasteiger partial charge in [-0.15, -0.1) is 24.0 Å². The standard InChI is InChI=1S/C18H29F2N3O.HI/c1-3-6-14(10-12-24)13-23-18(21-4-2)22-11-9-15-7-5-8-16(19)17(15)20;/h5,7-8,14,24H,3-4,6,9-13H2,1-2H3,(H2,21,22,23);1H. The Bertz CT molecular complexity index is 509. The van der Waals surface area contributed by atoms with Gasteiger partial charge in [-0.05, 0) is 43.7 Å². The van der Waals surface area contributed by atoms with E-state index in [0.717, 1.165) is 31.9 Å². The van der Waals surface area contributed by atoms with Crippen molar-refractivity contribution >= 4 is 29.9 Å². The highest BCUT2D eigenvalue weighted by Crippen LogP contribution is 2.12. The SMILES string of the molecule is CCCC(CCO)CN=C(NCC)NCCc1cccc(F)c1F.I. The Balaban J connectivity index is 0.00000576. The first-order chi connectivity index (χ1) is 11.6. The Kier molecular flexibility index (Phi) is 13.7. The number of benzene rings is 1. The molecule has 1 aromatic carbocycles. The van der Waals surface area contributed by atoms with Crippen LogP contribution >= 0.6 is 24.0 Å². The van der Waals surface area contributed by atoms with Gasteiger partial charge in [0.05, 0.1) is 0 Å². The van der Waals surface area contributed by atoms with Crippen molar-refractivity contribution in [2.75, 3.05) is 26.2 Å². The summed E-state index contributed by atoms with van der Waals surface area (Å²) >= 11 is 0. The average molecular weight is 469 g/mol. The second kappa shape index (κ2) is 14.2. The maximum absolute atomic E-state index is 13.6. The number of nitrogens with zero attached hydrogens (tertiary/aromatic N) is 1. The summed E-state index contributed by atoms with van der Waals surface area (Å²) in [4.78, 5) is 4.54. The molecular formula is C18H30F2IN3O. The zero-order chi connectivity index (χ0) is 17.8. The number of hydrogen-bond donors (Lipinski definition) is 3. The van der Waals surface area contributed by atoms with Crippen LogP contribution in [-0.4, -0.2) is 37.3 Å². The number of rotatable bonds is 10. The van der Waals surface area contributed by atoms with E-state index in [9.17, 15) is 8.78 Å². The molecule has 1 aromatic rings. The van der Waals surface area contributed by atoms with Gasteiger partial charge >= 0.3 is 0 Å². The highest BCUT2D eigenvalue weighted by molar-refractivity contribution is 14.0. The van der Waals surface area contributed by atoms with Crippen LogP contribution in [0.5, 0.6) is 0 Å². The van der Waals surface area contributed by atoms with E-state index >= 15 is 0 Å². The van der Waals surface area contributed by atoms with Crippen LogP contribution in [0.25, 0.3) is 0 Å². The van der Waals surface area contributed by atoms with Gasteiger partial charge in [0.15, 0.2) is 17.6 Å². The van der Waals surface area contributed by atoms with Crippen molar-refractivity contribution in [3.05, 3.63) is 35.4 Å². The van der Waals surface area contributed by atoms with Crippen LogP contribution in [0.2, 0.25) is 0 Å². The van der Waals surface area contributed by atoms with Crippen molar-refractivity contribution in [2.45, 2.75) is 39.5 Å². The summed E-state index contributed by atoms with van der Waals surface area (Å²) in [5.74, 6) is -0.587. The normalized spacial score (nSPS) is 12.4. The summed E-state index contributed by atoms with van der Waals surface area (Å²) in [5, 5.41) is 15.4. The third kappa shape index (κ3) is 9.34. The number of aliphatic hydroxyl groups is 1. The number of aliphatic imine (C=N–C) groups is 1. The lowest BCUT2D eigenvalue weighted by Crippen LogP contribution is -2.38. The van der Waals surface area contributed by atoms with Crippen LogP contribution in [0.15, 0.2) is 23.2 Å². The zero-order valence-electron chi connectivity index (χ0n) is 15.0. The topological polar surface area (TPSA) is 56.7 Å². The average Bonchev–Trinajstić information content (AvgIpc) is 2.56. The monoisotopic (exact) mass is 469 g/mol. The Morgan fingerprint density at radius 2 is 1.96 bits per heavy atom. The summed E-state index contributed by atoms with van der Waals surface area (Å²) < 4.78 is 26.8. The minimum atomic E-state index is -0.820. The maximum atomic E-state index is 13.6. The number of halogens is 3. The molecule has 1 atom stereocenters. The highest BCUT2D eigenvalue weighted by Gasteiger charge is 2.09. The molecule has 25 heavy (non-hydrogen) atoms. The van der Waals surface area contributed by atoms with E-state index in [1.54, 1.807) is 6.07 Å². The first-order valence-corrected chi connectivity index (χ1v) is 8.68. The van der Waals surface area contributed by atoms with Crippen LogP contribution in [0.1, 0.15) is 38.7 Å². The van der Waals surface area contributed by atoms with Crippen LogP contribution in [-0.2, 0) is 6.42 Å². The van der Waals surface area contributed by atoms with E-state index < -0.39 is 11.6 Å². The Hall–Kier alpha value is -0.960. The molecule has 0 saturated heterocycles. The van der Waals surface area contributed by atoms with Gasteiger partial charge in [-0.3, -0.25) is 4.99 Å². The van der Waals surface area contributed by atoms with E-state index in [4.69, 9.17) is 5.11 Å². The minimum Gasteiger partial charge on any atom is -0.396 e. The lowest BCUT2D eigenvalue weighted by Gasteiger charge is -2.15. The second-order valence-electron chi connectivity index (χ2n) is 5.78. The Labute approximate surface area is 166 Å². The molecule has 1 unspecified atom stereocenters. The van der Waals surface area contributed by atoms with Crippen molar-refractivity contribution in [2.24, 2.45) is 10.9 Å². The molecule has 0 bridgehead atoms. The smallest absolute Gasteiger partial charge is 0.191 e. The third-order valence-corrected chi connectivity index (χ3v) is 3.80. The fourth-order valence-corrected chi connectivity index (χ4v) is 2.54. The molecule has 0 radical (unpaired) electrons. The fourth-order valence-electron chi connectivity index (χ4n) is 2.54. The molecule has 0 spiro atoms. The van der Waals surface area contributed by atoms with Crippen LogP contribution in [0, 0.1) is 17.6 Å². The van der Waals surface area contributed by atoms with Crippen molar-refractivity contribution in [1.82, 2.24) is 10.6 Å². The van der Waals surface area contributed by atoms with Gasteiger partial charge in [-0.2, -0.15) is 0 Å².